The summed E-state index contributed by atoms with van der Waals surface area (Å²) in [5, 5.41) is 3.67. The number of nitrogens with one attached hydrogen (secondary N) is 1. The van der Waals surface area contributed by atoms with Crippen molar-refractivity contribution in [3.05, 3.63) is 76.6 Å². The number of aryl methyl sites for hydroxylation is 1. The van der Waals surface area contributed by atoms with Crippen molar-refractivity contribution >= 4 is 23.3 Å². The van der Waals surface area contributed by atoms with Gasteiger partial charge in [0.05, 0.1) is 12.2 Å². The van der Waals surface area contributed by atoms with Crippen molar-refractivity contribution in [1.29, 1.82) is 0 Å². The first-order chi connectivity index (χ1) is 13.1. The number of benzene rings is 2. The molecule has 1 aliphatic heterocycles. The van der Waals surface area contributed by atoms with Crippen molar-refractivity contribution in [1.82, 2.24) is 14.9 Å². The maximum absolute atomic E-state index is 12.6. The van der Waals surface area contributed by atoms with Gasteiger partial charge in [0, 0.05) is 41.0 Å². The first-order valence-corrected chi connectivity index (χ1v) is 9.20. The Morgan fingerprint density at radius 1 is 1.15 bits per heavy atom. The fourth-order valence-electron chi connectivity index (χ4n) is 3.13. The highest BCUT2D eigenvalue weighted by molar-refractivity contribution is 6.30. The number of aromatic nitrogens is 2. The largest absolute Gasteiger partial charge is 0.322 e. The van der Waals surface area contributed by atoms with Crippen LogP contribution in [0.3, 0.4) is 0 Å². The van der Waals surface area contributed by atoms with Gasteiger partial charge in [0.15, 0.2) is 5.82 Å². The number of hydrogen-bond acceptors (Lipinski definition) is 3. The first kappa shape index (κ1) is 17.5. The molecule has 1 aromatic heterocycles. The van der Waals surface area contributed by atoms with Crippen LogP contribution in [-0.4, -0.2) is 27.4 Å². The molecule has 2 amide bonds. The minimum atomic E-state index is -0.100. The van der Waals surface area contributed by atoms with Crippen molar-refractivity contribution in [2.24, 2.45) is 0 Å². The van der Waals surface area contributed by atoms with Crippen LogP contribution in [0.2, 0.25) is 5.02 Å². The first-order valence-electron chi connectivity index (χ1n) is 8.82. The molecule has 4 rings (SSSR count). The molecule has 0 saturated heterocycles. The van der Waals surface area contributed by atoms with Crippen molar-refractivity contribution in [3.8, 4) is 11.4 Å². The summed E-state index contributed by atoms with van der Waals surface area (Å²) in [5.74, 6) is 0.684. The van der Waals surface area contributed by atoms with Crippen LogP contribution >= 0.6 is 11.6 Å². The molecule has 5 nitrogen and oxygen atoms in total. The van der Waals surface area contributed by atoms with E-state index in [-0.39, 0.29) is 6.03 Å². The van der Waals surface area contributed by atoms with E-state index < -0.39 is 0 Å². The number of anilines is 1. The lowest BCUT2D eigenvalue weighted by atomic mass is 10.1. The number of amides is 2. The Morgan fingerprint density at radius 2 is 1.93 bits per heavy atom. The average molecular weight is 379 g/mol. The minimum absolute atomic E-state index is 0.100. The number of hydrogen-bond donors (Lipinski definition) is 1. The Hall–Kier alpha value is -2.92. The Kier molecular flexibility index (Phi) is 4.77. The van der Waals surface area contributed by atoms with E-state index in [2.05, 4.69) is 10.3 Å². The fourth-order valence-corrected chi connectivity index (χ4v) is 3.26. The predicted molar refractivity (Wildman–Crippen MR) is 107 cm³/mol. The summed E-state index contributed by atoms with van der Waals surface area (Å²) in [6, 6.07) is 15.1. The van der Waals surface area contributed by atoms with Gasteiger partial charge in [-0.3, -0.25) is 0 Å². The van der Waals surface area contributed by atoms with Gasteiger partial charge in [-0.2, -0.15) is 0 Å². The molecule has 27 heavy (non-hydrogen) atoms. The summed E-state index contributed by atoms with van der Waals surface area (Å²) in [6.45, 7) is 3.11. The molecule has 1 N–H and O–H groups in total. The van der Waals surface area contributed by atoms with E-state index in [1.165, 1.54) is 0 Å². The summed E-state index contributed by atoms with van der Waals surface area (Å²) in [6.07, 6.45) is 2.53. The van der Waals surface area contributed by atoms with Crippen LogP contribution in [0.5, 0.6) is 0 Å². The van der Waals surface area contributed by atoms with Crippen LogP contribution in [-0.2, 0) is 13.0 Å². The van der Waals surface area contributed by atoms with Gasteiger partial charge >= 0.3 is 6.03 Å². The van der Waals surface area contributed by atoms with Gasteiger partial charge in [-0.05, 0) is 42.8 Å². The fraction of sp³-hybridized carbons (Fsp3) is 0.190. The standard InChI is InChI=1S/C21H19ClN4O/c1-14-4-2-3-5-18(14)25-21(27)26-11-10-19-16(13-26)12-23-20(24-19)15-6-8-17(22)9-7-15/h2-9,12H,10-11,13H2,1H3,(H,25,27). The molecule has 136 valence electrons. The molecule has 0 atom stereocenters. The number of para-hydroxylation sites is 1. The van der Waals surface area contributed by atoms with Gasteiger partial charge < -0.3 is 10.2 Å². The second-order valence-electron chi connectivity index (χ2n) is 6.59. The number of fused-ring (bicyclic) bond motifs is 1. The van der Waals surface area contributed by atoms with Gasteiger partial charge in [-0.15, -0.1) is 0 Å². The third-order valence-corrected chi connectivity index (χ3v) is 4.96. The number of halogens is 1. The molecule has 2 heterocycles. The number of rotatable bonds is 2. The molecule has 0 bridgehead atoms. The van der Waals surface area contributed by atoms with Crippen molar-refractivity contribution in [2.75, 3.05) is 11.9 Å². The molecule has 0 spiro atoms. The quantitative estimate of drug-likeness (QED) is 0.703. The Bertz CT molecular complexity index is 988. The van der Waals surface area contributed by atoms with Crippen LogP contribution < -0.4 is 5.32 Å². The molecular weight excluding hydrogens is 360 g/mol. The lowest BCUT2D eigenvalue weighted by molar-refractivity contribution is 0.206. The molecule has 0 saturated carbocycles. The Balaban J connectivity index is 1.49. The van der Waals surface area contributed by atoms with Gasteiger partial charge in [0.25, 0.3) is 0 Å². The molecule has 1 aliphatic rings. The summed E-state index contributed by atoms with van der Waals surface area (Å²) in [5.41, 5.74) is 4.79. The molecule has 0 radical (unpaired) electrons. The molecular formula is C21H19ClN4O. The lowest BCUT2D eigenvalue weighted by Crippen LogP contribution is -2.39. The normalized spacial score (nSPS) is 13.2. The summed E-state index contributed by atoms with van der Waals surface area (Å²) < 4.78 is 0. The smallest absolute Gasteiger partial charge is 0.320 e. The van der Waals surface area contributed by atoms with Crippen molar-refractivity contribution in [3.63, 3.8) is 0 Å². The number of nitrogens with zero attached hydrogens (tertiary/aromatic N) is 3. The molecule has 6 heteroatoms. The Morgan fingerprint density at radius 3 is 2.70 bits per heavy atom. The SMILES string of the molecule is Cc1ccccc1NC(=O)N1CCc2nc(-c3ccc(Cl)cc3)ncc2C1. The highest BCUT2D eigenvalue weighted by Gasteiger charge is 2.23. The van der Waals surface area contributed by atoms with E-state index in [1.54, 1.807) is 4.90 Å². The zero-order chi connectivity index (χ0) is 18.8. The van der Waals surface area contributed by atoms with Gasteiger partial charge in [-0.1, -0.05) is 29.8 Å². The summed E-state index contributed by atoms with van der Waals surface area (Å²) in [4.78, 5) is 23.6. The molecule has 2 aromatic carbocycles. The summed E-state index contributed by atoms with van der Waals surface area (Å²) in [7, 11) is 0. The Labute approximate surface area is 163 Å². The average Bonchev–Trinajstić information content (AvgIpc) is 2.69. The van der Waals surface area contributed by atoms with Crippen LogP contribution in [0.15, 0.2) is 54.7 Å². The maximum Gasteiger partial charge on any atom is 0.322 e. The zero-order valence-electron chi connectivity index (χ0n) is 14.9. The lowest BCUT2D eigenvalue weighted by Gasteiger charge is -2.28. The zero-order valence-corrected chi connectivity index (χ0v) is 15.7. The minimum Gasteiger partial charge on any atom is -0.320 e. The van der Waals surface area contributed by atoms with Crippen LogP contribution in [0, 0.1) is 6.92 Å². The maximum atomic E-state index is 12.6. The second kappa shape index (κ2) is 7.37. The van der Waals surface area contributed by atoms with Gasteiger partial charge in [0.1, 0.15) is 0 Å². The topological polar surface area (TPSA) is 58.1 Å². The molecule has 0 fully saturated rings. The van der Waals surface area contributed by atoms with E-state index in [0.717, 1.165) is 28.1 Å². The second-order valence-corrected chi connectivity index (χ2v) is 7.03. The van der Waals surface area contributed by atoms with Gasteiger partial charge in [0.2, 0.25) is 0 Å². The van der Waals surface area contributed by atoms with Crippen molar-refractivity contribution in [2.45, 2.75) is 19.9 Å². The highest BCUT2D eigenvalue weighted by atomic mass is 35.5. The monoisotopic (exact) mass is 378 g/mol. The van der Waals surface area contributed by atoms with Crippen molar-refractivity contribution < 1.29 is 4.79 Å². The predicted octanol–water partition coefficient (Wildman–Crippen LogP) is 4.70. The third kappa shape index (κ3) is 3.78. The highest BCUT2D eigenvalue weighted by Crippen LogP contribution is 2.23. The van der Waals surface area contributed by atoms with E-state index in [0.29, 0.717) is 30.4 Å². The van der Waals surface area contributed by atoms with Crippen LogP contribution in [0.4, 0.5) is 10.5 Å². The van der Waals surface area contributed by atoms with E-state index in [4.69, 9.17) is 16.6 Å². The molecule has 3 aromatic rings. The number of urea groups is 1. The summed E-state index contributed by atoms with van der Waals surface area (Å²) >= 11 is 5.94. The van der Waals surface area contributed by atoms with E-state index >= 15 is 0 Å². The number of carbonyl (C=O) groups is 1. The van der Waals surface area contributed by atoms with E-state index in [9.17, 15) is 4.79 Å². The van der Waals surface area contributed by atoms with E-state index in [1.807, 2.05) is 61.7 Å². The van der Waals surface area contributed by atoms with Crippen LogP contribution in [0.25, 0.3) is 11.4 Å². The van der Waals surface area contributed by atoms with Crippen LogP contribution in [0.1, 0.15) is 16.8 Å². The third-order valence-electron chi connectivity index (χ3n) is 4.71. The number of carbonyl (C=O) groups excluding carboxylic acids is 1. The van der Waals surface area contributed by atoms with Gasteiger partial charge in [-0.25, -0.2) is 14.8 Å². The molecule has 0 unspecified atom stereocenters. The molecule has 0 aliphatic carbocycles.